The molecule has 5 heteroatoms. The number of carboxylic acid groups (broad SMARTS) is 1. The fourth-order valence-corrected chi connectivity index (χ4v) is 3.67. The van der Waals surface area contributed by atoms with Crippen LogP contribution in [0.5, 0.6) is 0 Å². The fourth-order valence-electron chi connectivity index (χ4n) is 3.67. The van der Waals surface area contributed by atoms with Crippen LogP contribution < -0.4 is 0 Å². The van der Waals surface area contributed by atoms with Gasteiger partial charge in [-0.3, -0.25) is 9.59 Å². The molecular weight excluding hydrogens is 344 g/mol. The lowest BCUT2D eigenvalue weighted by molar-refractivity contribution is -0.137. The topological polar surface area (TPSA) is 94.8 Å². The summed E-state index contributed by atoms with van der Waals surface area (Å²) in [6, 6.07) is 7.81. The monoisotopic (exact) mass is 374 g/mol. The lowest BCUT2D eigenvalue weighted by atomic mass is 9.81. The van der Waals surface area contributed by atoms with E-state index in [9.17, 15) is 19.8 Å². The van der Waals surface area contributed by atoms with E-state index in [4.69, 9.17) is 5.11 Å². The molecule has 0 spiro atoms. The van der Waals surface area contributed by atoms with E-state index in [0.29, 0.717) is 19.3 Å². The number of unbranched alkanes of at least 4 members (excludes halogenated alkanes) is 1. The van der Waals surface area contributed by atoms with Crippen LogP contribution in [0.4, 0.5) is 0 Å². The predicted molar refractivity (Wildman–Crippen MR) is 104 cm³/mol. The van der Waals surface area contributed by atoms with Crippen LogP contribution in [-0.4, -0.2) is 39.8 Å². The third kappa shape index (κ3) is 5.50. The number of aliphatic carboxylic acids is 1. The molecule has 0 aromatic heterocycles. The number of carboxylic acids is 1. The molecule has 1 fully saturated rings. The molecule has 5 nitrogen and oxygen atoms in total. The molecule has 1 aromatic carbocycles. The van der Waals surface area contributed by atoms with Gasteiger partial charge in [-0.15, -0.1) is 0 Å². The number of ketones is 1. The Morgan fingerprint density at radius 3 is 2.48 bits per heavy atom. The lowest BCUT2D eigenvalue weighted by Crippen LogP contribution is -2.22. The molecule has 0 heterocycles. The van der Waals surface area contributed by atoms with Crippen LogP contribution in [0.25, 0.3) is 0 Å². The van der Waals surface area contributed by atoms with Gasteiger partial charge >= 0.3 is 5.97 Å². The Balaban J connectivity index is 2.06. The van der Waals surface area contributed by atoms with Crippen molar-refractivity contribution in [3.8, 4) is 0 Å². The maximum atomic E-state index is 12.3. The van der Waals surface area contributed by atoms with Crippen molar-refractivity contribution in [3.63, 3.8) is 0 Å². The first kappa shape index (κ1) is 21.3. The molecule has 27 heavy (non-hydrogen) atoms. The largest absolute Gasteiger partial charge is 0.481 e. The van der Waals surface area contributed by atoms with Gasteiger partial charge < -0.3 is 15.3 Å². The van der Waals surface area contributed by atoms with Crippen molar-refractivity contribution in [3.05, 3.63) is 47.5 Å². The molecule has 148 valence electrons. The first-order valence-corrected chi connectivity index (χ1v) is 9.55. The van der Waals surface area contributed by atoms with Crippen molar-refractivity contribution < 1.29 is 24.9 Å². The Labute approximate surface area is 160 Å². The second-order valence-corrected chi connectivity index (χ2v) is 8.03. The van der Waals surface area contributed by atoms with Crippen molar-refractivity contribution >= 4 is 11.8 Å². The molecule has 0 aliphatic heterocycles. The summed E-state index contributed by atoms with van der Waals surface area (Å²) in [6.45, 7) is 3.98. The molecule has 1 aliphatic carbocycles. The van der Waals surface area contributed by atoms with E-state index < -0.39 is 12.1 Å². The molecule has 1 saturated carbocycles. The van der Waals surface area contributed by atoms with Crippen LogP contribution in [0.3, 0.4) is 0 Å². The molecule has 0 radical (unpaired) electrons. The number of carbonyl (C=O) groups excluding carboxylic acids is 1. The summed E-state index contributed by atoms with van der Waals surface area (Å²) in [4.78, 5) is 22.9. The molecule has 0 bridgehead atoms. The second-order valence-electron chi connectivity index (χ2n) is 8.03. The highest BCUT2D eigenvalue weighted by molar-refractivity contribution is 5.85. The van der Waals surface area contributed by atoms with Crippen LogP contribution in [0, 0.1) is 5.92 Å². The van der Waals surface area contributed by atoms with E-state index in [-0.39, 0.29) is 42.5 Å². The van der Waals surface area contributed by atoms with Gasteiger partial charge in [-0.2, -0.15) is 0 Å². The molecule has 0 saturated heterocycles. The summed E-state index contributed by atoms with van der Waals surface area (Å²) in [5, 5.41) is 28.6. The predicted octanol–water partition coefficient (Wildman–Crippen LogP) is 3.19. The summed E-state index contributed by atoms with van der Waals surface area (Å²) in [7, 11) is 0. The number of rotatable bonds is 9. The van der Waals surface area contributed by atoms with Gasteiger partial charge in [-0.25, -0.2) is 0 Å². The number of aliphatic hydroxyl groups is 2. The van der Waals surface area contributed by atoms with Gasteiger partial charge in [0.05, 0.1) is 12.7 Å². The average Bonchev–Trinajstić information content (AvgIpc) is 2.91. The Morgan fingerprint density at radius 2 is 1.89 bits per heavy atom. The van der Waals surface area contributed by atoms with E-state index in [1.807, 2.05) is 50.3 Å². The highest BCUT2D eigenvalue weighted by Gasteiger charge is 2.41. The Hall–Kier alpha value is -1.98. The number of allylic oxidation sites excluding steroid dienone is 2. The van der Waals surface area contributed by atoms with Gasteiger partial charge in [0.25, 0.3) is 0 Å². The van der Waals surface area contributed by atoms with E-state index in [1.165, 1.54) is 0 Å². The summed E-state index contributed by atoms with van der Waals surface area (Å²) in [6.07, 6.45) is 5.29. The quantitative estimate of drug-likeness (QED) is 0.456. The normalized spacial score (nSPS) is 23.3. The third-order valence-electron chi connectivity index (χ3n) is 5.46. The third-order valence-corrected chi connectivity index (χ3v) is 5.46. The zero-order valence-electron chi connectivity index (χ0n) is 16.1. The number of benzene rings is 1. The van der Waals surface area contributed by atoms with Crippen LogP contribution in [0.15, 0.2) is 36.4 Å². The first-order chi connectivity index (χ1) is 12.8. The standard InChI is InChI=1S/C22H30O5/c1-22(2,14-23)16-11-9-15(10-12-16)21-17(18(24)13-19(21)25)7-5-3-4-6-8-20(26)27/h3,5,9-12,17,19,21,23,25H,4,6-8,13-14H2,1-2H3,(H,26,27)/t17-,19+,21+/m0/s1. The Morgan fingerprint density at radius 1 is 1.22 bits per heavy atom. The minimum atomic E-state index is -0.801. The number of hydrogen-bond acceptors (Lipinski definition) is 4. The van der Waals surface area contributed by atoms with Crippen LogP contribution >= 0.6 is 0 Å². The summed E-state index contributed by atoms with van der Waals surface area (Å²) in [5.41, 5.74) is 1.62. The van der Waals surface area contributed by atoms with Crippen molar-refractivity contribution in [1.29, 1.82) is 0 Å². The second kappa shape index (κ2) is 9.29. The molecule has 3 N–H and O–H groups in total. The maximum absolute atomic E-state index is 12.3. The van der Waals surface area contributed by atoms with Crippen molar-refractivity contribution in [2.24, 2.45) is 5.92 Å². The smallest absolute Gasteiger partial charge is 0.303 e. The van der Waals surface area contributed by atoms with Gasteiger partial charge in [0.2, 0.25) is 0 Å². The fraction of sp³-hybridized carbons (Fsp3) is 0.545. The number of Topliss-reactive ketones (excluding diaryl/α,β-unsaturated/α-hetero) is 1. The van der Waals surface area contributed by atoms with E-state index in [0.717, 1.165) is 11.1 Å². The average molecular weight is 374 g/mol. The minimum absolute atomic E-state index is 0.0478. The molecule has 3 atom stereocenters. The molecular formula is C22H30O5. The highest BCUT2D eigenvalue weighted by Crippen LogP contribution is 2.40. The lowest BCUT2D eigenvalue weighted by Gasteiger charge is -2.25. The summed E-state index contributed by atoms with van der Waals surface area (Å²) >= 11 is 0. The van der Waals surface area contributed by atoms with Crippen LogP contribution in [-0.2, 0) is 15.0 Å². The van der Waals surface area contributed by atoms with Crippen LogP contribution in [0.2, 0.25) is 0 Å². The van der Waals surface area contributed by atoms with Gasteiger partial charge in [0, 0.05) is 30.1 Å². The maximum Gasteiger partial charge on any atom is 0.303 e. The number of carbonyl (C=O) groups is 2. The summed E-state index contributed by atoms with van der Waals surface area (Å²) < 4.78 is 0. The van der Waals surface area contributed by atoms with Gasteiger partial charge in [-0.05, 0) is 30.4 Å². The van der Waals surface area contributed by atoms with Gasteiger partial charge in [0.1, 0.15) is 5.78 Å². The Bertz CT molecular complexity index is 674. The SMILES string of the molecule is CC(C)(CO)c1ccc([C@H]2[C@H](O)CC(=O)[C@@H]2CC=CCCCC(=O)O)cc1. The molecule has 2 rings (SSSR count). The van der Waals surface area contributed by atoms with E-state index >= 15 is 0 Å². The molecule has 0 unspecified atom stereocenters. The number of aliphatic hydroxyl groups excluding tert-OH is 2. The van der Waals surface area contributed by atoms with Gasteiger partial charge in [0.15, 0.2) is 0 Å². The molecule has 1 aliphatic rings. The molecule has 1 aromatic rings. The van der Waals surface area contributed by atoms with E-state index in [1.54, 1.807) is 0 Å². The van der Waals surface area contributed by atoms with Crippen molar-refractivity contribution in [1.82, 2.24) is 0 Å². The zero-order valence-corrected chi connectivity index (χ0v) is 16.1. The highest BCUT2D eigenvalue weighted by atomic mass is 16.4. The van der Waals surface area contributed by atoms with Crippen molar-refractivity contribution in [2.45, 2.75) is 63.4 Å². The molecule has 0 amide bonds. The van der Waals surface area contributed by atoms with Crippen molar-refractivity contribution in [2.75, 3.05) is 6.61 Å². The first-order valence-electron chi connectivity index (χ1n) is 9.55. The minimum Gasteiger partial charge on any atom is -0.481 e. The zero-order chi connectivity index (χ0) is 20.0. The van der Waals surface area contributed by atoms with Gasteiger partial charge in [-0.1, -0.05) is 50.3 Å². The Kier molecular flexibility index (Phi) is 7.33. The van der Waals surface area contributed by atoms with E-state index in [2.05, 4.69) is 0 Å². The number of hydrogen-bond donors (Lipinski definition) is 3. The van der Waals surface area contributed by atoms with Crippen LogP contribution in [0.1, 0.15) is 63.0 Å². The summed E-state index contributed by atoms with van der Waals surface area (Å²) in [5.74, 6) is -1.22.